The highest BCUT2D eigenvalue weighted by Crippen LogP contribution is 2.20. The molecule has 5 nitrogen and oxygen atoms in total. The molecule has 98 valence electrons. The molecule has 0 saturated carbocycles. The van der Waals surface area contributed by atoms with Crippen LogP contribution in [0, 0.1) is 5.92 Å². The molecule has 18 heavy (non-hydrogen) atoms. The molecule has 1 fully saturated rings. The van der Waals surface area contributed by atoms with E-state index in [0.29, 0.717) is 12.8 Å². The number of amides is 3. The number of hydrogen-bond donors (Lipinski definition) is 1. The lowest BCUT2D eigenvalue weighted by Crippen LogP contribution is -2.45. The Morgan fingerprint density at radius 1 is 1.33 bits per heavy atom. The Hall–Kier alpha value is -1.65. The Labute approximate surface area is 106 Å². The van der Waals surface area contributed by atoms with E-state index in [1.807, 2.05) is 12.2 Å². The van der Waals surface area contributed by atoms with Gasteiger partial charge in [0.05, 0.1) is 6.42 Å². The van der Waals surface area contributed by atoms with Crippen LogP contribution in [-0.2, 0) is 14.4 Å². The second-order valence-electron chi connectivity index (χ2n) is 5.10. The highest BCUT2D eigenvalue weighted by Gasteiger charge is 2.41. The largest absolute Gasteiger partial charge is 0.344 e. The fraction of sp³-hybridized carbons (Fsp3) is 0.615. The van der Waals surface area contributed by atoms with Crippen LogP contribution in [0.4, 0.5) is 0 Å². The topological polar surface area (TPSA) is 66.5 Å². The van der Waals surface area contributed by atoms with Crippen LogP contribution >= 0.6 is 0 Å². The first kappa shape index (κ1) is 12.8. The number of nitrogens with one attached hydrogen (secondary N) is 1. The molecule has 1 N–H and O–H groups in total. The molecule has 1 aliphatic carbocycles. The van der Waals surface area contributed by atoms with Gasteiger partial charge in [-0.1, -0.05) is 12.2 Å². The zero-order valence-corrected chi connectivity index (χ0v) is 10.7. The second-order valence-corrected chi connectivity index (χ2v) is 5.10. The van der Waals surface area contributed by atoms with Gasteiger partial charge in [0.25, 0.3) is 5.91 Å². The van der Waals surface area contributed by atoms with E-state index in [0.717, 1.165) is 0 Å². The Kier molecular flexibility index (Phi) is 3.50. The summed E-state index contributed by atoms with van der Waals surface area (Å²) in [6.45, 7) is 3.59. The maximum Gasteiger partial charge on any atom is 0.252 e. The summed E-state index contributed by atoms with van der Waals surface area (Å²) in [4.78, 5) is 36.8. The number of carbonyl (C=O) groups excluding carboxylic acids is 3. The number of likely N-dealkylation sites (tertiary alicyclic amines) is 1. The van der Waals surface area contributed by atoms with Gasteiger partial charge in [-0.3, -0.25) is 19.3 Å². The van der Waals surface area contributed by atoms with Gasteiger partial charge in [0.15, 0.2) is 0 Å². The molecule has 0 aromatic carbocycles. The number of allylic oxidation sites excluding steroid dienone is 2. The van der Waals surface area contributed by atoms with Crippen molar-refractivity contribution in [3.63, 3.8) is 0 Å². The summed E-state index contributed by atoms with van der Waals surface area (Å²) < 4.78 is 0. The van der Waals surface area contributed by atoms with Gasteiger partial charge in [0.2, 0.25) is 11.8 Å². The first-order valence-corrected chi connectivity index (χ1v) is 6.32. The fourth-order valence-electron chi connectivity index (χ4n) is 2.43. The predicted molar refractivity (Wildman–Crippen MR) is 65.4 cm³/mol. The third kappa shape index (κ3) is 2.30. The molecule has 1 heterocycles. The maximum atomic E-state index is 12.0. The molecule has 2 aliphatic rings. The highest BCUT2D eigenvalue weighted by atomic mass is 16.2. The van der Waals surface area contributed by atoms with Crippen molar-refractivity contribution in [2.75, 3.05) is 0 Å². The molecule has 0 radical (unpaired) electrons. The second kappa shape index (κ2) is 4.92. The van der Waals surface area contributed by atoms with Gasteiger partial charge in [-0.2, -0.15) is 0 Å². The average molecular weight is 250 g/mol. The van der Waals surface area contributed by atoms with Crippen LogP contribution in [0.3, 0.4) is 0 Å². The molecule has 5 heteroatoms. The van der Waals surface area contributed by atoms with E-state index in [9.17, 15) is 14.4 Å². The summed E-state index contributed by atoms with van der Waals surface area (Å²) in [5.74, 6) is -0.697. The first-order chi connectivity index (χ1) is 8.50. The SMILES string of the molecule is CC(C)N1C(=O)C[C@@H](NC(=O)C2CC=CC2)C1=O. The molecule has 1 saturated heterocycles. The summed E-state index contributed by atoms with van der Waals surface area (Å²) in [5.41, 5.74) is 0. The summed E-state index contributed by atoms with van der Waals surface area (Å²) in [7, 11) is 0. The molecule has 0 spiro atoms. The first-order valence-electron chi connectivity index (χ1n) is 6.32. The van der Waals surface area contributed by atoms with Crippen LogP contribution in [0.5, 0.6) is 0 Å². The Balaban J connectivity index is 1.96. The summed E-state index contributed by atoms with van der Waals surface area (Å²) in [6, 6.07) is -0.826. The van der Waals surface area contributed by atoms with Gasteiger partial charge in [0.1, 0.15) is 6.04 Å². The monoisotopic (exact) mass is 250 g/mol. The van der Waals surface area contributed by atoms with E-state index in [2.05, 4.69) is 5.32 Å². The summed E-state index contributed by atoms with van der Waals surface area (Å²) in [5, 5.41) is 2.69. The van der Waals surface area contributed by atoms with Gasteiger partial charge >= 0.3 is 0 Å². The molecular formula is C13H18N2O3. The lowest BCUT2D eigenvalue weighted by molar-refractivity contribution is -0.141. The number of rotatable bonds is 3. The van der Waals surface area contributed by atoms with Crippen LogP contribution < -0.4 is 5.32 Å². The molecule has 0 unspecified atom stereocenters. The third-order valence-electron chi connectivity index (χ3n) is 3.39. The fourth-order valence-corrected chi connectivity index (χ4v) is 2.43. The van der Waals surface area contributed by atoms with E-state index < -0.39 is 6.04 Å². The number of imide groups is 1. The minimum Gasteiger partial charge on any atom is -0.344 e. The van der Waals surface area contributed by atoms with Gasteiger partial charge in [0, 0.05) is 12.0 Å². The van der Waals surface area contributed by atoms with E-state index >= 15 is 0 Å². The van der Waals surface area contributed by atoms with Gasteiger partial charge < -0.3 is 5.32 Å². The lowest BCUT2D eigenvalue weighted by atomic mass is 10.1. The molecule has 3 amide bonds. The maximum absolute atomic E-state index is 12.0. The van der Waals surface area contributed by atoms with Gasteiger partial charge in [-0.15, -0.1) is 0 Å². The molecule has 0 aromatic heterocycles. The zero-order valence-electron chi connectivity index (χ0n) is 10.7. The van der Waals surface area contributed by atoms with Crippen LogP contribution in [-0.4, -0.2) is 34.7 Å². The number of carbonyl (C=O) groups is 3. The quantitative estimate of drug-likeness (QED) is 0.589. The van der Waals surface area contributed by atoms with Crippen molar-refractivity contribution in [3.8, 4) is 0 Å². The van der Waals surface area contributed by atoms with Crippen LogP contribution in [0.2, 0.25) is 0 Å². The summed E-state index contributed by atoms with van der Waals surface area (Å²) in [6.07, 6.45) is 5.45. The third-order valence-corrected chi connectivity index (χ3v) is 3.39. The van der Waals surface area contributed by atoms with Crippen molar-refractivity contribution in [1.82, 2.24) is 10.2 Å². The van der Waals surface area contributed by atoms with E-state index in [1.54, 1.807) is 13.8 Å². The van der Waals surface area contributed by atoms with Gasteiger partial charge in [-0.25, -0.2) is 0 Å². The normalized spacial score (nSPS) is 24.4. The predicted octanol–water partition coefficient (Wildman–Crippen LogP) is 0.605. The molecule has 1 atom stereocenters. The average Bonchev–Trinajstić information content (AvgIpc) is 2.88. The highest BCUT2D eigenvalue weighted by molar-refractivity contribution is 6.07. The van der Waals surface area contributed by atoms with Crippen molar-refractivity contribution >= 4 is 17.7 Å². The Morgan fingerprint density at radius 3 is 2.44 bits per heavy atom. The zero-order chi connectivity index (χ0) is 13.3. The van der Waals surface area contributed by atoms with Gasteiger partial charge in [-0.05, 0) is 26.7 Å². The van der Waals surface area contributed by atoms with Crippen molar-refractivity contribution in [2.45, 2.75) is 45.2 Å². The Morgan fingerprint density at radius 2 is 1.94 bits per heavy atom. The molecule has 2 rings (SSSR count). The number of nitrogens with zero attached hydrogens (tertiary/aromatic N) is 1. The van der Waals surface area contributed by atoms with Crippen LogP contribution in [0.25, 0.3) is 0 Å². The minimum absolute atomic E-state index is 0.0824. The summed E-state index contributed by atoms with van der Waals surface area (Å²) >= 11 is 0. The van der Waals surface area contributed by atoms with Crippen molar-refractivity contribution < 1.29 is 14.4 Å². The van der Waals surface area contributed by atoms with E-state index in [1.165, 1.54) is 4.90 Å². The van der Waals surface area contributed by atoms with Crippen LogP contribution in [0.15, 0.2) is 12.2 Å². The molecular weight excluding hydrogens is 232 g/mol. The van der Waals surface area contributed by atoms with Crippen molar-refractivity contribution in [2.24, 2.45) is 5.92 Å². The Bertz CT molecular complexity index is 406. The standard InChI is InChI=1S/C13H18N2O3/c1-8(2)15-11(16)7-10(13(15)18)14-12(17)9-5-3-4-6-9/h3-4,8-10H,5-7H2,1-2H3,(H,14,17)/t10-/m1/s1. The van der Waals surface area contributed by atoms with Crippen molar-refractivity contribution in [3.05, 3.63) is 12.2 Å². The molecule has 0 aromatic rings. The smallest absolute Gasteiger partial charge is 0.252 e. The number of hydrogen-bond acceptors (Lipinski definition) is 3. The van der Waals surface area contributed by atoms with Crippen LogP contribution in [0.1, 0.15) is 33.1 Å². The molecule has 0 bridgehead atoms. The molecule has 1 aliphatic heterocycles. The van der Waals surface area contributed by atoms with E-state index in [4.69, 9.17) is 0 Å². The van der Waals surface area contributed by atoms with E-state index in [-0.39, 0.29) is 36.1 Å². The minimum atomic E-state index is -0.673. The lowest BCUT2D eigenvalue weighted by Gasteiger charge is -2.19. The van der Waals surface area contributed by atoms with Crippen molar-refractivity contribution in [1.29, 1.82) is 0 Å².